The fourth-order valence-electron chi connectivity index (χ4n) is 3.85. The minimum absolute atomic E-state index is 0.552. The number of fused-ring (bicyclic) bond motifs is 1. The van der Waals surface area contributed by atoms with Crippen molar-refractivity contribution in [2.24, 2.45) is 0 Å². The third-order valence-corrected chi connectivity index (χ3v) is 4.86. The fourth-order valence-corrected chi connectivity index (χ4v) is 3.85. The molecule has 1 aromatic rings. The van der Waals surface area contributed by atoms with Crippen LogP contribution < -0.4 is 10.2 Å². The van der Waals surface area contributed by atoms with Crippen LogP contribution in [0.3, 0.4) is 0 Å². The zero-order valence-electron chi connectivity index (χ0n) is 13.6. The third-order valence-electron chi connectivity index (χ3n) is 4.86. The lowest BCUT2D eigenvalue weighted by Crippen LogP contribution is -2.59. The first kappa shape index (κ1) is 14.8. The number of aryl methyl sites for hydroxylation is 1. The molecule has 116 valence electrons. The molecular weight excluding hydrogens is 260 g/mol. The van der Waals surface area contributed by atoms with Gasteiger partial charge in [-0.1, -0.05) is 6.42 Å². The molecule has 3 rings (SSSR count). The predicted octanol–water partition coefficient (Wildman–Crippen LogP) is 2.17. The first-order valence-corrected chi connectivity index (χ1v) is 8.30. The highest BCUT2D eigenvalue weighted by Gasteiger charge is 2.33. The summed E-state index contributed by atoms with van der Waals surface area (Å²) in [4.78, 5) is 10.0. The molecule has 2 fully saturated rings. The van der Waals surface area contributed by atoms with Gasteiger partial charge >= 0.3 is 0 Å². The Labute approximate surface area is 128 Å². The van der Waals surface area contributed by atoms with Gasteiger partial charge in [-0.05, 0) is 58.0 Å². The molecule has 0 amide bonds. The molecule has 4 heteroatoms. The Morgan fingerprint density at radius 3 is 2.95 bits per heavy atom. The maximum atomic E-state index is 4.81. The highest BCUT2D eigenvalue weighted by molar-refractivity contribution is 5.44. The van der Waals surface area contributed by atoms with E-state index in [2.05, 4.69) is 41.1 Å². The summed E-state index contributed by atoms with van der Waals surface area (Å²) in [5, 5.41) is 3.24. The van der Waals surface area contributed by atoms with Crippen LogP contribution in [0.1, 0.15) is 37.4 Å². The number of rotatable bonds is 3. The maximum absolute atomic E-state index is 4.81. The third kappa shape index (κ3) is 3.22. The number of hydrogen-bond donors (Lipinski definition) is 1. The number of hydrogen-bond acceptors (Lipinski definition) is 4. The maximum Gasteiger partial charge on any atom is 0.129 e. The Hall–Kier alpha value is -1.13. The zero-order chi connectivity index (χ0) is 14.8. The molecule has 2 unspecified atom stereocenters. The molecule has 1 aromatic heterocycles. The molecule has 21 heavy (non-hydrogen) atoms. The van der Waals surface area contributed by atoms with Gasteiger partial charge in [0.2, 0.25) is 0 Å². The van der Waals surface area contributed by atoms with Crippen LogP contribution in [0, 0.1) is 6.92 Å². The van der Waals surface area contributed by atoms with Crippen molar-refractivity contribution in [1.82, 2.24) is 15.2 Å². The van der Waals surface area contributed by atoms with Crippen LogP contribution in [0.5, 0.6) is 0 Å². The monoisotopic (exact) mass is 288 g/mol. The van der Waals surface area contributed by atoms with Crippen LogP contribution in [-0.2, 0) is 6.54 Å². The number of piperidine rings is 1. The van der Waals surface area contributed by atoms with E-state index in [1.165, 1.54) is 37.9 Å². The molecule has 0 spiro atoms. The summed E-state index contributed by atoms with van der Waals surface area (Å²) in [7, 11) is 2.00. The lowest BCUT2D eigenvalue weighted by molar-refractivity contribution is 0.115. The SMILES string of the molecule is CNCc1cc(C)nc(N2CC3CCCCN3CC2C)c1. The van der Waals surface area contributed by atoms with Crippen molar-refractivity contribution in [3.63, 3.8) is 0 Å². The molecule has 0 bridgehead atoms. The van der Waals surface area contributed by atoms with Crippen LogP contribution in [0.25, 0.3) is 0 Å². The smallest absolute Gasteiger partial charge is 0.129 e. The Bertz CT molecular complexity index is 488. The second kappa shape index (κ2) is 6.32. The number of aromatic nitrogens is 1. The first-order chi connectivity index (χ1) is 10.2. The summed E-state index contributed by atoms with van der Waals surface area (Å²) in [5.74, 6) is 1.16. The Morgan fingerprint density at radius 2 is 2.14 bits per heavy atom. The Balaban J connectivity index is 1.82. The second-order valence-electron chi connectivity index (χ2n) is 6.65. The van der Waals surface area contributed by atoms with E-state index in [1.807, 2.05) is 7.05 Å². The molecule has 4 nitrogen and oxygen atoms in total. The summed E-state index contributed by atoms with van der Waals surface area (Å²) in [5.41, 5.74) is 2.45. The van der Waals surface area contributed by atoms with Gasteiger partial charge in [0.25, 0.3) is 0 Å². The normalized spacial score (nSPS) is 26.7. The van der Waals surface area contributed by atoms with Crippen molar-refractivity contribution in [3.05, 3.63) is 23.4 Å². The summed E-state index contributed by atoms with van der Waals surface area (Å²) < 4.78 is 0. The molecule has 1 N–H and O–H groups in total. The van der Waals surface area contributed by atoms with Crippen molar-refractivity contribution in [3.8, 4) is 0 Å². The quantitative estimate of drug-likeness (QED) is 0.924. The molecule has 0 saturated carbocycles. The van der Waals surface area contributed by atoms with Gasteiger partial charge in [0.15, 0.2) is 0 Å². The topological polar surface area (TPSA) is 31.4 Å². The highest BCUT2D eigenvalue weighted by atomic mass is 15.3. The second-order valence-corrected chi connectivity index (χ2v) is 6.65. The average molecular weight is 288 g/mol. The van der Waals surface area contributed by atoms with E-state index in [4.69, 9.17) is 4.98 Å². The molecule has 2 aliphatic heterocycles. The van der Waals surface area contributed by atoms with Gasteiger partial charge in [0, 0.05) is 37.4 Å². The van der Waals surface area contributed by atoms with Gasteiger partial charge in [-0.3, -0.25) is 4.90 Å². The van der Waals surface area contributed by atoms with Gasteiger partial charge in [0.1, 0.15) is 5.82 Å². The van der Waals surface area contributed by atoms with Crippen molar-refractivity contribution < 1.29 is 0 Å². The minimum Gasteiger partial charge on any atom is -0.351 e. The largest absolute Gasteiger partial charge is 0.351 e. The molecule has 0 aromatic carbocycles. The average Bonchev–Trinajstić information content (AvgIpc) is 2.46. The summed E-state index contributed by atoms with van der Waals surface area (Å²) in [6.45, 7) is 8.96. The number of pyridine rings is 1. The molecule has 0 aliphatic carbocycles. The van der Waals surface area contributed by atoms with Crippen LogP contribution in [0.2, 0.25) is 0 Å². The molecule has 2 saturated heterocycles. The predicted molar refractivity (Wildman–Crippen MR) is 87.8 cm³/mol. The van der Waals surface area contributed by atoms with E-state index < -0.39 is 0 Å². The molecule has 3 heterocycles. The fraction of sp³-hybridized carbons (Fsp3) is 0.706. The molecular formula is C17H28N4. The summed E-state index contributed by atoms with van der Waals surface area (Å²) in [6.07, 6.45) is 4.10. The molecule has 0 radical (unpaired) electrons. The van der Waals surface area contributed by atoms with Gasteiger partial charge in [-0.2, -0.15) is 0 Å². The Morgan fingerprint density at radius 1 is 1.29 bits per heavy atom. The van der Waals surface area contributed by atoms with Crippen molar-refractivity contribution in [2.45, 2.75) is 51.7 Å². The van der Waals surface area contributed by atoms with E-state index in [1.54, 1.807) is 0 Å². The number of nitrogens with zero attached hydrogens (tertiary/aromatic N) is 3. The minimum atomic E-state index is 0.552. The lowest BCUT2D eigenvalue weighted by Gasteiger charge is -2.48. The van der Waals surface area contributed by atoms with Gasteiger partial charge in [0.05, 0.1) is 0 Å². The van der Waals surface area contributed by atoms with Gasteiger partial charge < -0.3 is 10.2 Å². The van der Waals surface area contributed by atoms with E-state index in [0.717, 1.165) is 30.6 Å². The van der Waals surface area contributed by atoms with Crippen molar-refractivity contribution in [2.75, 3.05) is 31.6 Å². The summed E-state index contributed by atoms with van der Waals surface area (Å²) in [6, 6.07) is 5.72. The number of nitrogens with one attached hydrogen (secondary N) is 1. The van der Waals surface area contributed by atoms with E-state index in [9.17, 15) is 0 Å². The zero-order valence-corrected chi connectivity index (χ0v) is 13.6. The van der Waals surface area contributed by atoms with E-state index in [0.29, 0.717) is 6.04 Å². The van der Waals surface area contributed by atoms with Crippen LogP contribution in [0.4, 0.5) is 5.82 Å². The van der Waals surface area contributed by atoms with Crippen LogP contribution in [0.15, 0.2) is 12.1 Å². The van der Waals surface area contributed by atoms with Crippen LogP contribution >= 0.6 is 0 Å². The Kier molecular flexibility index (Phi) is 4.45. The number of piperazine rings is 1. The van der Waals surface area contributed by atoms with Gasteiger partial charge in [-0.25, -0.2) is 4.98 Å². The lowest BCUT2D eigenvalue weighted by atomic mass is 9.97. The summed E-state index contributed by atoms with van der Waals surface area (Å²) >= 11 is 0. The first-order valence-electron chi connectivity index (χ1n) is 8.30. The highest BCUT2D eigenvalue weighted by Crippen LogP contribution is 2.27. The number of anilines is 1. The molecule has 2 aliphatic rings. The molecule has 2 atom stereocenters. The van der Waals surface area contributed by atoms with Crippen LogP contribution in [-0.4, -0.2) is 48.6 Å². The standard InChI is InChI=1S/C17H28N4/c1-13-8-15(10-18-3)9-17(19-13)21-12-16-6-4-5-7-20(16)11-14(21)2/h8-9,14,16,18H,4-7,10-12H2,1-3H3. The van der Waals surface area contributed by atoms with Crippen molar-refractivity contribution in [1.29, 1.82) is 0 Å². The van der Waals surface area contributed by atoms with Crippen molar-refractivity contribution >= 4 is 5.82 Å². The van der Waals surface area contributed by atoms with Gasteiger partial charge in [-0.15, -0.1) is 0 Å². The van der Waals surface area contributed by atoms with E-state index >= 15 is 0 Å². The van der Waals surface area contributed by atoms with E-state index in [-0.39, 0.29) is 0 Å².